The van der Waals surface area contributed by atoms with Crippen molar-refractivity contribution in [3.05, 3.63) is 65.2 Å². The smallest absolute Gasteiger partial charge is 0.338 e. The lowest BCUT2D eigenvalue weighted by atomic mass is 10.2. The van der Waals surface area contributed by atoms with Gasteiger partial charge >= 0.3 is 5.97 Å². The second-order valence-electron chi connectivity index (χ2n) is 4.73. The number of carbonyl (C=O) groups is 1. The van der Waals surface area contributed by atoms with E-state index in [1.54, 1.807) is 36.4 Å². The molecule has 3 aromatic rings. The number of nitrogens with zero attached hydrogens (tertiary/aromatic N) is 2. The topological polar surface area (TPSA) is 65.2 Å². The molecule has 24 heavy (non-hydrogen) atoms. The van der Waals surface area contributed by atoms with Gasteiger partial charge in [0.1, 0.15) is 6.61 Å². The lowest BCUT2D eigenvalue weighted by Crippen LogP contribution is -2.07. The van der Waals surface area contributed by atoms with Crippen molar-refractivity contribution in [1.29, 1.82) is 0 Å². The number of hydrogen-bond acceptors (Lipinski definition) is 6. The van der Waals surface area contributed by atoms with Gasteiger partial charge in [-0.25, -0.2) is 4.79 Å². The summed E-state index contributed by atoms with van der Waals surface area (Å²) in [6.45, 7) is 0.261. The van der Waals surface area contributed by atoms with Crippen LogP contribution in [0, 0.1) is 0 Å². The Hall–Kier alpha value is -2.31. The van der Waals surface area contributed by atoms with Crippen molar-refractivity contribution < 1.29 is 13.9 Å². The van der Waals surface area contributed by atoms with Crippen LogP contribution in [0.4, 0.5) is 0 Å². The van der Waals surface area contributed by atoms with Crippen LogP contribution >= 0.6 is 23.4 Å². The highest BCUT2D eigenvalue weighted by Crippen LogP contribution is 2.24. The minimum atomic E-state index is -0.344. The van der Waals surface area contributed by atoms with Crippen LogP contribution in [0.5, 0.6) is 0 Å². The summed E-state index contributed by atoms with van der Waals surface area (Å²) in [7, 11) is 0. The fourth-order valence-electron chi connectivity index (χ4n) is 1.90. The monoisotopic (exact) mass is 360 g/mol. The average molecular weight is 361 g/mol. The van der Waals surface area contributed by atoms with Crippen LogP contribution in [0.25, 0.3) is 11.5 Å². The van der Waals surface area contributed by atoms with Gasteiger partial charge in [0.15, 0.2) is 0 Å². The largest absolute Gasteiger partial charge is 0.461 e. The molecule has 0 saturated carbocycles. The van der Waals surface area contributed by atoms with E-state index in [2.05, 4.69) is 10.2 Å². The number of benzene rings is 2. The highest BCUT2D eigenvalue weighted by molar-refractivity contribution is 7.99. The molecule has 3 rings (SSSR count). The quantitative estimate of drug-likeness (QED) is 0.370. The fourth-order valence-corrected chi connectivity index (χ4v) is 2.60. The van der Waals surface area contributed by atoms with Crippen molar-refractivity contribution in [3.63, 3.8) is 0 Å². The summed E-state index contributed by atoms with van der Waals surface area (Å²) in [6.07, 6.45) is 0. The van der Waals surface area contributed by atoms with Crippen LogP contribution < -0.4 is 0 Å². The summed E-state index contributed by atoms with van der Waals surface area (Å²) in [6, 6.07) is 16.0. The van der Waals surface area contributed by atoms with Crippen molar-refractivity contribution in [2.45, 2.75) is 5.22 Å². The van der Waals surface area contributed by atoms with E-state index in [0.29, 0.717) is 27.5 Å². The van der Waals surface area contributed by atoms with Crippen molar-refractivity contribution in [2.75, 3.05) is 12.4 Å². The molecule has 2 aromatic carbocycles. The Morgan fingerprint density at radius 1 is 1.08 bits per heavy atom. The van der Waals surface area contributed by atoms with Crippen LogP contribution in [0.15, 0.2) is 64.2 Å². The van der Waals surface area contributed by atoms with E-state index in [9.17, 15) is 4.79 Å². The molecular formula is C17H13ClN2O3S. The maximum absolute atomic E-state index is 11.8. The van der Waals surface area contributed by atoms with E-state index in [0.717, 1.165) is 5.56 Å². The van der Waals surface area contributed by atoms with E-state index in [4.69, 9.17) is 20.8 Å². The van der Waals surface area contributed by atoms with E-state index in [1.165, 1.54) is 11.8 Å². The van der Waals surface area contributed by atoms with Crippen molar-refractivity contribution >= 4 is 29.3 Å². The predicted octanol–water partition coefficient (Wildman–Crippen LogP) is 4.34. The third-order valence-electron chi connectivity index (χ3n) is 3.05. The molecule has 0 fully saturated rings. The standard InChI is InChI=1S/C17H13ClN2O3S/c18-14-8-6-12(7-9-14)15-19-20-17(23-15)24-11-10-22-16(21)13-4-2-1-3-5-13/h1-9H,10-11H2. The van der Waals surface area contributed by atoms with Gasteiger partial charge in [-0.1, -0.05) is 41.6 Å². The van der Waals surface area contributed by atoms with Crippen LogP contribution in [-0.2, 0) is 4.74 Å². The van der Waals surface area contributed by atoms with Gasteiger partial charge in [0.2, 0.25) is 5.89 Å². The molecule has 5 nitrogen and oxygen atoms in total. The third-order valence-corrected chi connectivity index (χ3v) is 4.08. The first kappa shape index (κ1) is 16.5. The SMILES string of the molecule is O=C(OCCSc1nnc(-c2ccc(Cl)cc2)o1)c1ccccc1. The lowest BCUT2D eigenvalue weighted by molar-refractivity contribution is 0.0530. The zero-order chi connectivity index (χ0) is 16.8. The van der Waals surface area contributed by atoms with Crippen molar-refractivity contribution in [3.8, 4) is 11.5 Å². The maximum Gasteiger partial charge on any atom is 0.338 e. The average Bonchev–Trinajstić information content (AvgIpc) is 3.09. The molecule has 0 saturated heterocycles. The van der Waals surface area contributed by atoms with Crippen LogP contribution in [-0.4, -0.2) is 28.5 Å². The van der Waals surface area contributed by atoms with Crippen LogP contribution in [0.2, 0.25) is 5.02 Å². The molecule has 0 aliphatic rings. The van der Waals surface area contributed by atoms with Gasteiger partial charge in [-0.3, -0.25) is 0 Å². The van der Waals surface area contributed by atoms with Crippen molar-refractivity contribution in [2.24, 2.45) is 0 Å². The zero-order valence-corrected chi connectivity index (χ0v) is 14.1. The number of ether oxygens (including phenoxy) is 1. The highest BCUT2D eigenvalue weighted by Gasteiger charge is 2.10. The molecular weight excluding hydrogens is 348 g/mol. The van der Waals surface area contributed by atoms with Gasteiger partial charge in [0.25, 0.3) is 5.22 Å². The molecule has 0 bridgehead atoms. The molecule has 1 heterocycles. The number of halogens is 1. The molecule has 0 N–H and O–H groups in total. The second kappa shape index (κ2) is 7.99. The first-order valence-electron chi connectivity index (χ1n) is 7.17. The molecule has 122 valence electrons. The maximum atomic E-state index is 11.8. The Labute approximate surface area is 148 Å². The number of carbonyl (C=O) groups excluding carboxylic acids is 1. The number of aromatic nitrogens is 2. The number of hydrogen-bond donors (Lipinski definition) is 0. The third kappa shape index (κ3) is 4.37. The van der Waals surface area contributed by atoms with Crippen LogP contribution in [0.3, 0.4) is 0 Å². The number of esters is 1. The molecule has 0 aliphatic heterocycles. The first-order valence-corrected chi connectivity index (χ1v) is 8.53. The second-order valence-corrected chi connectivity index (χ2v) is 6.21. The molecule has 1 aromatic heterocycles. The first-order chi connectivity index (χ1) is 11.7. The Bertz CT molecular complexity index is 806. The zero-order valence-electron chi connectivity index (χ0n) is 12.5. The number of thioether (sulfide) groups is 1. The summed E-state index contributed by atoms with van der Waals surface area (Å²) < 4.78 is 10.7. The summed E-state index contributed by atoms with van der Waals surface area (Å²) in [5.74, 6) is 0.611. The Kier molecular flexibility index (Phi) is 5.51. The van der Waals surface area contributed by atoms with E-state index in [-0.39, 0.29) is 12.6 Å². The van der Waals surface area contributed by atoms with Gasteiger partial charge in [-0.2, -0.15) is 0 Å². The molecule has 0 spiro atoms. The van der Waals surface area contributed by atoms with E-state index < -0.39 is 0 Å². The molecule has 0 atom stereocenters. The van der Waals surface area contributed by atoms with Gasteiger partial charge in [0.05, 0.1) is 5.56 Å². The lowest BCUT2D eigenvalue weighted by Gasteiger charge is -2.03. The molecule has 0 unspecified atom stereocenters. The summed E-state index contributed by atoms with van der Waals surface area (Å²) in [5, 5.41) is 9.02. The summed E-state index contributed by atoms with van der Waals surface area (Å²) in [5.41, 5.74) is 1.33. The van der Waals surface area contributed by atoms with Crippen molar-refractivity contribution in [1.82, 2.24) is 10.2 Å². The summed E-state index contributed by atoms with van der Waals surface area (Å²) >= 11 is 7.18. The molecule has 0 aliphatic carbocycles. The Morgan fingerprint density at radius 2 is 1.83 bits per heavy atom. The minimum absolute atomic E-state index is 0.261. The summed E-state index contributed by atoms with van der Waals surface area (Å²) in [4.78, 5) is 11.8. The normalized spacial score (nSPS) is 10.5. The molecule has 7 heteroatoms. The molecule has 0 amide bonds. The predicted molar refractivity (Wildman–Crippen MR) is 92.2 cm³/mol. The van der Waals surface area contributed by atoms with Gasteiger partial charge in [-0.15, -0.1) is 10.2 Å². The molecule has 0 radical (unpaired) electrons. The van der Waals surface area contributed by atoms with Gasteiger partial charge in [0, 0.05) is 16.3 Å². The van der Waals surface area contributed by atoms with E-state index >= 15 is 0 Å². The Balaban J connectivity index is 1.47. The highest BCUT2D eigenvalue weighted by atomic mass is 35.5. The van der Waals surface area contributed by atoms with Gasteiger partial charge < -0.3 is 9.15 Å². The number of rotatable bonds is 6. The van der Waals surface area contributed by atoms with Gasteiger partial charge in [-0.05, 0) is 36.4 Å². The fraction of sp³-hybridized carbons (Fsp3) is 0.118. The van der Waals surface area contributed by atoms with Crippen LogP contribution in [0.1, 0.15) is 10.4 Å². The van der Waals surface area contributed by atoms with E-state index in [1.807, 2.05) is 18.2 Å². The Morgan fingerprint density at radius 3 is 2.58 bits per heavy atom. The minimum Gasteiger partial charge on any atom is -0.461 e.